The number of anilines is 2. The van der Waals surface area contributed by atoms with E-state index >= 15 is 0 Å². The molecule has 0 aliphatic heterocycles. The van der Waals surface area contributed by atoms with Gasteiger partial charge in [-0.1, -0.05) is 49.2 Å². The minimum Gasteiger partial charge on any atom is -0.473 e. The number of hydrogen-bond acceptors (Lipinski definition) is 6. The summed E-state index contributed by atoms with van der Waals surface area (Å²) in [6, 6.07) is 26.1. The van der Waals surface area contributed by atoms with E-state index in [1.807, 2.05) is 38.1 Å². The molecule has 0 saturated heterocycles. The van der Waals surface area contributed by atoms with Crippen LogP contribution in [0.25, 0.3) is 33.2 Å². The van der Waals surface area contributed by atoms with Gasteiger partial charge in [-0.15, -0.1) is 0 Å². The lowest BCUT2D eigenvalue weighted by molar-refractivity contribution is 0.234. The van der Waals surface area contributed by atoms with Crippen molar-refractivity contribution in [3.05, 3.63) is 91.1 Å². The summed E-state index contributed by atoms with van der Waals surface area (Å²) in [7, 11) is -3.89. The molecule has 0 spiro atoms. The van der Waals surface area contributed by atoms with Crippen molar-refractivity contribution in [3.63, 3.8) is 0 Å². The van der Waals surface area contributed by atoms with Gasteiger partial charge < -0.3 is 10.5 Å². The summed E-state index contributed by atoms with van der Waals surface area (Å²) in [5.41, 5.74) is 10.8. The van der Waals surface area contributed by atoms with Crippen LogP contribution in [0, 0.1) is 0 Å². The van der Waals surface area contributed by atoms with Crippen LogP contribution in [0.2, 0.25) is 0 Å². The van der Waals surface area contributed by atoms with E-state index in [-0.39, 0.29) is 33.1 Å². The largest absolute Gasteiger partial charge is 0.473 e. The van der Waals surface area contributed by atoms with E-state index in [4.69, 9.17) is 10.5 Å². The van der Waals surface area contributed by atoms with Gasteiger partial charge in [0.05, 0.1) is 16.5 Å². The van der Waals surface area contributed by atoms with E-state index in [2.05, 4.69) is 51.7 Å². The number of nitrogens with one attached hydrogen (secondary N) is 1. The Morgan fingerprint density at radius 3 is 2.34 bits per heavy atom. The second kappa shape index (κ2) is 11.7. The highest BCUT2D eigenvalue weighted by molar-refractivity contribution is 8.14. The van der Waals surface area contributed by atoms with Gasteiger partial charge in [0.2, 0.25) is 5.88 Å². The average molecular weight is 585 g/mol. The first-order valence-electron chi connectivity index (χ1n) is 13.2. The lowest BCUT2D eigenvalue weighted by Crippen LogP contribution is -2.16. The normalized spacial score (nSPS) is 12.4. The first kappa shape index (κ1) is 28.3. The smallest absolute Gasteiger partial charge is 0.262 e. The molecule has 5 rings (SSSR count). The number of fused-ring (bicyclic) bond motifs is 1. The number of hydrogen-bond donors (Lipinski definition) is 2. The summed E-state index contributed by atoms with van der Waals surface area (Å²) < 4.78 is 34.7. The zero-order valence-electron chi connectivity index (χ0n) is 23.2. The number of ether oxygens (including phenoxy) is 1. The van der Waals surface area contributed by atoms with E-state index in [9.17, 15) is 8.42 Å². The fourth-order valence-corrected chi connectivity index (χ4v) is 6.32. The Kier molecular flexibility index (Phi) is 8.10. The van der Waals surface area contributed by atoms with Crippen molar-refractivity contribution in [1.29, 1.82) is 0 Å². The molecule has 9 heteroatoms. The third-order valence-electron chi connectivity index (χ3n) is 6.52. The number of aromatic nitrogens is 2. The maximum absolute atomic E-state index is 13.1. The van der Waals surface area contributed by atoms with Crippen LogP contribution in [0.5, 0.6) is 5.88 Å². The molecule has 1 unspecified atom stereocenters. The number of pyridine rings is 2. The molecular formula is C32H32N4O3S2. The highest BCUT2D eigenvalue weighted by Crippen LogP contribution is 2.35. The van der Waals surface area contributed by atoms with Gasteiger partial charge in [0, 0.05) is 27.6 Å². The molecule has 3 N–H and O–H groups in total. The van der Waals surface area contributed by atoms with Gasteiger partial charge in [-0.25, -0.2) is 18.4 Å². The maximum Gasteiger partial charge on any atom is 0.262 e. The molecule has 0 bridgehead atoms. The van der Waals surface area contributed by atoms with Gasteiger partial charge in [0.25, 0.3) is 10.0 Å². The Morgan fingerprint density at radius 2 is 1.66 bits per heavy atom. The molecule has 41 heavy (non-hydrogen) atoms. The Balaban J connectivity index is 1.54. The third-order valence-corrected chi connectivity index (χ3v) is 9.54. The van der Waals surface area contributed by atoms with Crippen molar-refractivity contribution in [2.75, 3.05) is 16.2 Å². The van der Waals surface area contributed by atoms with Crippen LogP contribution >= 0.6 is 10.5 Å². The van der Waals surface area contributed by atoms with Gasteiger partial charge in [0.15, 0.2) is 0 Å². The van der Waals surface area contributed by atoms with Gasteiger partial charge in [-0.2, -0.15) is 10.5 Å². The van der Waals surface area contributed by atoms with Crippen LogP contribution in [-0.2, 0) is 10.0 Å². The van der Waals surface area contributed by atoms with Crippen LogP contribution < -0.4 is 15.2 Å². The molecule has 0 radical (unpaired) electrons. The lowest BCUT2D eigenvalue weighted by Gasteiger charge is -2.16. The number of nitrogens with two attached hydrogens (primary N) is 1. The molecule has 0 aliphatic carbocycles. The molecule has 0 aliphatic rings. The molecule has 0 amide bonds. The molecule has 3 aromatic carbocycles. The van der Waals surface area contributed by atoms with Crippen LogP contribution in [-0.4, -0.2) is 36.1 Å². The van der Waals surface area contributed by atoms with Gasteiger partial charge in [0.1, 0.15) is 11.5 Å². The standard InChI is InChI=1S/C32H32N4O3S2/c1-5-40(4)26-14-11-22(12-15-26)28-18-24-17-23(13-16-29(24)35-31(28)33)25-19-30(32(34-20-25)39-21(2)3)36-41(37,38)27-9-7-6-8-10-27/h6-21,36H,4-5H2,1-3H3,(H2,33,35). The van der Waals surface area contributed by atoms with E-state index in [0.717, 1.165) is 38.9 Å². The van der Waals surface area contributed by atoms with Crippen molar-refractivity contribution in [2.45, 2.75) is 36.7 Å². The second-order valence-electron chi connectivity index (χ2n) is 9.80. The van der Waals surface area contributed by atoms with E-state index in [0.29, 0.717) is 5.82 Å². The second-order valence-corrected chi connectivity index (χ2v) is 13.5. The monoisotopic (exact) mass is 584 g/mol. The van der Waals surface area contributed by atoms with E-state index in [1.54, 1.807) is 30.5 Å². The highest BCUT2D eigenvalue weighted by atomic mass is 32.2. The molecule has 210 valence electrons. The third kappa shape index (κ3) is 6.26. The van der Waals surface area contributed by atoms with Gasteiger partial charge in [-0.05, 0) is 79.3 Å². The molecule has 7 nitrogen and oxygen atoms in total. The van der Waals surface area contributed by atoms with E-state index in [1.165, 1.54) is 17.0 Å². The molecule has 5 aromatic rings. The van der Waals surface area contributed by atoms with Crippen LogP contribution in [0.3, 0.4) is 0 Å². The molecular weight excluding hydrogens is 553 g/mol. The minimum absolute atomic E-state index is 0.0364. The summed E-state index contributed by atoms with van der Waals surface area (Å²) in [5, 5.41) is 0.898. The number of rotatable bonds is 9. The average Bonchev–Trinajstić information content (AvgIpc) is 2.97. The van der Waals surface area contributed by atoms with Crippen LogP contribution in [0.4, 0.5) is 11.5 Å². The Morgan fingerprint density at radius 1 is 0.951 bits per heavy atom. The quantitative estimate of drug-likeness (QED) is 0.177. The van der Waals surface area contributed by atoms with Crippen molar-refractivity contribution >= 4 is 48.8 Å². The van der Waals surface area contributed by atoms with Gasteiger partial charge in [-0.3, -0.25) is 4.72 Å². The Hall–Kier alpha value is -4.21. The predicted molar refractivity (Wildman–Crippen MR) is 171 cm³/mol. The fraction of sp³-hybridized carbons (Fsp3) is 0.156. The Bertz CT molecular complexity index is 1840. The van der Waals surface area contributed by atoms with Crippen molar-refractivity contribution < 1.29 is 13.2 Å². The molecule has 2 aromatic heterocycles. The van der Waals surface area contributed by atoms with Crippen molar-refractivity contribution in [1.82, 2.24) is 9.97 Å². The number of nitrogen functional groups attached to an aromatic ring is 1. The zero-order chi connectivity index (χ0) is 29.1. The maximum atomic E-state index is 13.1. The predicted octanol–water partition coefficient (Wildman–Crippen LogP) is 7.21. The SMILES string of the molecule is C=S(CC)c1ccc(-c2cc3cc(-c4cnc(OC(C)C)c(NS(=O)(=O)c5ccccc5)c4)ccc3nc2N)cc1. The van der Waals surface area contributed by atoms with Crippen molar-refractivity contribution in [2.24, 2.45) is 0 Å². The summed E-state index contributed by atoms with van der Waals surface area (Å²) in [6.07, 6.45) is 1.48. The van der Waals surface area contributed by atoms with Crippen LogP contribution in [0.15, 0.2) is 101 Å². The van der Waals surface area contributed by atoms with Gasteiger partial charge >= 0.3 is 0 Å². The number of nitrogens with zero attached hydrogens (tertiary/aromatic N) is 2. The molecule has 0 fully saturated rings. The van der Waals surface area contributed by atoms with Crippen LogP contribution in [0.1, 0.15) is 20.8 Å². The molecule has 1 atom stereocenters. The summed E-state index contributed by atoms with van der Waals surface area (Å²) in [6.45, 7) is 5.86. The summed E-state index contributed by atoms with van der Waals surface area (Å²) >= 11 is 0. The highest BCUT2D eigenvalue weighted by Gasteiger charge is 2.19. The first-order chi connectivity index (χ1) is 19.6. The summed E-state index contributed by atoms with van der Waals surface area (Å²) in [4.78, 5) is 10.5. The van der Waals surface area contributed by atoms with Crippen molar-refractivity contribution in [3.8, 4) is 28.1 Å². The molecule has 0 saturated carbocycles. The van der Waals surface area contributed by atoms with E-state index < -0.39 is 10.0 Å². The number of benzene rings is 3. The lowest BCUT2D eigenvalue weighted by atomic mass is 10.0. The molecule has 2 heterocycles. The topological polar surface area (TPSA) is 107 Å². The Labute approximate surface area is 243 Å². The first-order valence-corrected chi connectivity index (χ1v) is 16.3. The zero-order valence-corrected chi connectivity index (χ0v) is 24.8. The fourth-order valence-electron chi connectivity index (χ4n) is 4.40. The summed E-state index contributed by atoms with van der Waals surface area (Å²) in [5.74, 6) is 5.88. The minimum atomic E-state index is -3.85. The number of sulfonamides is 1.